The molecule has 0 aliphatic heterocycles. The van der Waals surface area contributed by atoms with Gasteiger partial charge in [-0.2, -0.15) is 4.37 Å². The Hall–Kier alpha value is -4.19. The molecule has 0 saturated heterocycles. The molecule has 1 aliphatic rings. The van der Waals surface area contributed by atoms with Gasteiger partial charge in [0.1, 0.15) is 16.7 Å². The van der Waals surface area contributed by atoms with Crippen molar-refractivity contribution in [2.75, 3.05) is 17.7 Å². The summed E-state index contributed by atoms with van der Waals surface area (Å²) in [5.74, 6) is -3.23. The highest BCUT2D eigenvalue weighted by molar-refractivity contribution is 7.09. The number of nitrogen functional groups attached to an aromatic ring is 1. The molecule has 0 radical (unpaired) electrons. The SMILES string of the molecule is COc1cc(C(C(=O)NC2CCCC2)N(C(=O)c2snc(C(N)=O)c2N)c2ccccc2F)ccc1O. The highest BCUT2D eigenvalue weighted by atomic mass is 32.1. The van der Waals surface area contributed by atoms with Crippen molar-refractivity contribution in [2.45, 2.75) is 37.8 Å². The van der Waals surface area contributed by atoms with E-state index in [0.717, 1.165) is 36.6 Å². The van der Waals surface area contributed by atoms with Gasteiger partial charge < -0.3 is 26.6 Å². The smallest absolute Gasteiger partial charge is 0.273 e. The van der Waals surface area contributed by atoms with Gasteiger partial charge in [0.2, 0.25) is 5.91 Å². The van der Waals surface area contributed by atoms with Crippen LogP contribution in [0.25, 0.3) is 0 Å². The number of para-hydroxylation sites is 1. The molecule has 6 N–H and O–H groups in total. The Morgan fingerprint density at radius 2 is 1.92 bits per heavy atom. The zero-order chi connectivity index (χ0) is 26.7. The van der Waals surface area contributed by atoms with Crippen molar-refractivity contribution in [3.8, 4) is 11.5 Å². The second-order valence-electron chi connectivity index (χ2n) is 8.59. The van der Waals surface area contributed by atoms with Crippen LogP contribution in [0.15, 0.2) is 42.5 Å². The van der Waals surface area contributed by atoms with Crippen LogP contribution >= 0.6 is 11.5 Å². The summed E-state index contributed by atoms with van der Waals surface area (Å²) in [7, 11) is 1.34. The van der Waals surface area contributed by atoms with Crippen LogP contribution in [-0.4, -0.2) is 40.4 Å². The van der Waals surface area contributed by atoms with E-state index in [-0.39, 0.29) is 45.1 Å². The number of anilines is 2. The number of methoxy groups -OCH3 is 1. The van der Waals surface area contributed by atoms with E-state index in [0.29, 0.717) is 11.5 Å². The maximum atomic E-state index is 15.2. The van der Waals surface area contributed by atoms with Gasteiger partial charge in [0.25, 0.3) is 11.8 Å². The third kappa shape index (κ3) is 5.19. The number of phenolic OH excluding ortho intramolecular Hbond substituents is 1. The molecule has 4 rings (SSSR count). The van der Waals surface area contributed by atoms with Crippen molar-refractivity contribution < 1.29 is 28.6 Å². The average molecular weight is 528 g/mol. The van der Waals surface area contributed by atoms with Gasteiger partial charge in [0.05, 0.1) is 18.5 Å². The lowest BCUT2D eigenvalue weighted by atomic mass is 10.0. The van der Waals surface area contributed by atoms with Gasteiger partial charge in [-0.05, 0) is 54.2 Å². The molecule has 10 nitrogen and oxygen atoms in total. The Morgan fingerprint density at radius 3 is 2.54 bits per heavy atom. The van der Waals surface area contributed by atoms with Gasteiger partial charge in [-0.3, -0.25) is 19.3 Å². The van der Waals surface area contributed by atoms with E-state index in [2.05, 4.69) is 9.69 Å². The number of amides is 3. The number of nitrogens with two attached hydrogens (primary N) is 2. The van der Waals surface area contributed by atoms with Gasteiger partial charge in [-0.1, -0.05) is 31.0 Å². The van der Waals surface area contributed by atoms with Crippen LogP contribution in [-0.2, 0) is 4.79 Å². The molecule has 194 valence electrons. The highest BCUT2D eigenvalue weighted by Crippen LogP contribution is 2.37. The van der Waals surface area contributed by atoms with Crippen LogP contribution in [0.5, 0.6) is 11.5 Å². The lowest BCUT2D eigenvalue weighted by Gasteiger charge is -2.32. The predicted molar refractivity (Wildman–Crippen MR) is 136 cm³/mol. The minimum absolute atomic E-state index is 0.0606. The fourth-order valence-corrected chi connectivity index (χ4v) is 5.13. The van der Waals surface area contributed by atoms with Crippen molar-refractivity contribution in [1.29, 1.82) is 0 Å². The van der Waals surface area contributed by atoms with E-state index in [9.17, 15) is 19.5 Å². The molecule has 1 atom stereocenters. The number of ether oxygens (including phenoxy) is 1. The fourth-order valence-electron chi connectivity index (χ4n) is 4.38. The Labute approximate surface area is 216 Å². The summed E-state index contributed by atoms with van der Waals surface area (Å²) in [6.07, 6.45) is 3.45. The maximum Gasteiger partial charge on any atom is 0.273 e. The first-order valence-corrected chi connectivity index (χ1v) is 12.3. The Bertz CT molecular complexity index is 1340. The van der Waals surface area contributed by atoms with Crippen LogP contribution in [0.2, 0.25) is 0 Å². The van der Waals surface area contributed by atoms with Crippen molar-refractivity contribution in [1.82, 2.24) is 9.69 Å². The zero-order valence-electron chi connectivity index (χ0n) is 19.9. The van der Waals surface area contributed by atoms with Crippen LogP contribution in [0.4, 0.5) is 15.8 Å². The number of aromatic nitrogens is 1. The third-order valence-corrected chi connectivity index (χ3v) is 7.06. The molecule has 37 heavy (non-hydrogen) atoms. The standard InChI is InChI=1S/C25H26FN5O5S/c1-36-18-12-13(10-11-17(18)32)21(24(34)29-14-6-2-3-7-14)31(16-9-5-4-8-15(16)26)25(35)22-19(27)20(23(28)33)30-37-22/h4-5,8-12,14,21,32H,2-3,6-7,27H2,1H3,(H2,28,33)(H,29,34). The molecule has 3 aromatic rings. The van der Waals surface area contributed by atoms with Gasteiger partial charge in [0, 0.05) is 6.04 Å². The van der Waals surface area contributed by atoms with E-state index in [4.69, 9.17) is 16.2 Å². The van der Waals surface area contributed by atoms with Crippen LogP contribution in [0.3, 0.4) is 0 Å². The number of halogens is 1. The number of nitrogens with one attached hydrogen (secondary N) is 1. The van der Waals surface area contributed by atoms with Gasteiger partial charge in [-0.15, -0.1) is 0 Å². The number of hydrogen-bond donors (Lipinski definition) is 4. The van der Waals surface area contributed by atoms with Crippen LogP contribution in [0, 0.1) is 5.82 Å². The summed E-state index contributed by atoms with van der Waals surface area (Å²) >= 11 is 0.623. The van der Waals surface area contributed by atoms with Crippen LogP contribution in [0.1, 0.15) is 57.4 Å². The lowest BCUT2D eigenvalue weighted by Crippen LogP contribution is -2.46. The summed E-state index contributed by atoms with van der Waals surface area (Å²) in [5.41, 5.74) is 10.8. The van der Waals surface area contributed by atoms with Crippen molar-refractivity contribution in [2.24, 2.45) is 5.73 Å². The number of aromatic hydroxyl groups is 1. The minimum Gasteiger partial charge on any atom is -0.504 e. The fraction of sp³-hybridized carbons (Fsp3) is 0.280. The zero-order valence-corrected chi connectivity index (χ0v) is 20.8. The number of phenols is 1. The highest BCUT2D eigenvalue weighted by Gasteiger charge is 2.38. The number of rotatable bonds is 8. The number of hydrogen-bond acceptors (Lipinski definition) is 8. The van der Waals surface area contributed by atoms with Crippen molar-refractivity contribution >= 4 is 40.6 Å². The molecule has 1 aliphatic carbocycles. The van der Waals surface area contributed by atoms with E-state index in [1.54, 1.807) is 0 Å². The summed E-state index contributed by atoms with van der Waals surface area (Å²) in [5, 5.41) is 13.1. The number of carbonyl (C=O) groups excluding carboxylic acids is 3. The third-order valence-electron chi connectivity index (χ3n) is 6.21. The van der Waals surface area contributed by atoms with E-state index < -0.39 is 29.6 Å². The first-order valence-electron chi connectivity index (χ1n) is 11.5. The van der Waals surface area contributed by atoms with Crippen molar-refractivity contribution in [3.63, 3.8) is 0 Å². The topological polar surface area (TPSA) is 161 Å². The number of nitrogens with zero attached hydrogens (tertiary/aromatic N) is 2. The number of carbonyl (C=O) groups is 3. The normalized spacial score (nSPS) is 14.2. The van der Waals surface area contributed by atoms with Gasteiger partial charge in [0.15, 0.2) is 17.2 Å². The van der Waals surface area contributed by atoms with Gasteiger partial charge >= 0.3 is 0 Å². The molecule has 1 heterocycles. The summed E-state index contributed by atoms with van der Waals surface area (Å²) in [6.45, 7) is 0. The first kappa shape index (κ1) is 25.9. The molecule has 2 aromatic carbocycles. The van der Waals surface area contributed by atoms with Crippen molar-refractivity contribution in [3.05, 3.63) is 64.4 Å². The van der Waals surface area contributed by atoms with Crippen LogP contribution < -0.4 is 26.4 Å². The molecule has 1 saturated carbocycles. The predicted octanol–water partition coefficient (Wildman–Crippen LogP) is 3.12. The molecular formula is C25H26FN5O5S. The van der Waals surface area contributed by atoms with E-state index in [1.165, 1.54) is 43.5 Å². The second kappa shape index (κ2) is 10.8. The maximum absolute atomic E-state index is 15.2. The summed E-state index contributed by atoms with van der Waals surface area (Å²) in [4.78, 5) is 40.3. The average Bonchev–Trinajstić information content (AvgIpc) is 3.52. The Balaban J connectivity index is 1.90. The molecular weight excluding hydrogens is 501 g/mol. The molecule has 1 unspecified atom stereocenters. The Kier molecular flexibility index (Phi) is 7.58. The summed E-state index contributed by atoms with van der Waals surface area (Å²) in [6, 6.07) is 8.15. The van der Waals surface area contributed by atoms with E-state index in [1.807, 2.05) is 0 Å². The quantitative estimate of drug-likeness (QED) is 0.350. The lowest BCUT2D eigenvalue weighted by molar-refractivity contribution is -0.123. The number of primary amides is 1. The molecule has 1 aromatic heterocycles. The second-order valence-corrected chi connectivity index (χ2v) is 9.36. The van der Waals surface area contributed by atoms with Gasteiger partial charge in [-0.25, -0.2) is 4.39 Å². The molecule has 3 amide bonds. The molecule has 12 heteroatoms. The number of benzene rings is 2. The van der Waals surface area contributed by atoms with E-state index >= 15 is 4.39 Å². The molecule has 0 bridgehead atoms. The summed E-state index contributed by atoms with van der Waals surface area (Å²) < 4.78 is 24.3. The largest absolute Gasteiger partial charge is 0.504 e. The minimum atomic E-state index is -1.39. The molecule has 1 fully saturated rings. The molecule has 0 spiro atoms. The first-order chi connectivity index (χ1) is 17.7. The Morgan fingerprint density at radius 1 is 1.22 bits per heavy atom. The monoisotopic (exact) mass is 527 g/mol.